The number of hydrogen-bond acceptors (Lipinski definition) is 3. The van der Waals surface area contributed by atoms with Gasteiger partial charge in [-0.2, -0.15) is 0 Å². The first kappa shape index (κ1) is 15.3. The van der Waals surface area contributed by atoms with Gasteiger partial charge in [0.25, 0.3) is 0 Å². The van der Waals surface area contributed by atoms with Crippen LogP contribution in [0.2, 0.25) is 0 Å². The van der Waals surface area contributed by atoms with Gasteiger partial charge in [0.2, 0.25) is 0 Å². The van der Waals surface area contributed by atoms with Crippen LogP contribution in [-0.4, -0.2) is 61.3 Å². The van der Waals surface area contributed by atoms with Crippen LogP contribution in [0.5, 0.6) is 0 Å². The van der Waals surface area contributed by atoms with E-state index in [0.717, 1.165) is 32.5 Å². The van der Waals surface area contributed by atoms with Crippen LogP contribution in [0.15, 0.2) is 30.3 Å². The fourth-order valence-electron chi connectivity index (χ4n) is 3.11. The number of likely N-dealkylation sites (tertiary alicyclic amines) is 1. The number of benzene rings is 1. The number of carbonyl (C=O) groups is 1. The van der Waals surface area contributed by atoms with Crippen molar-refractivity contribution >= 4 is 6.03 Å². The molecule has 5 heteroatoms. The molecule has 2 saturated heterocycles. The third kappa shape index (κ3) is 4.21. The van der Waals surface area contributed by atoms with Crippen molar-refractivity contribution < 1.29 is 9.53 Å². The van der Waals surface area contributed by atoms with Gasteiger partial charge in [-0.15, -0.1) is 0 Å². The average molecular weight is 303 g/mol. The number of amides is 2. The molecule has 0 saturated carbocycles. The van der Waals surface area contributed by atoms with Gasteiger partial charge in [-0.25, -0.2) is 4.79 Å². The van der Waals surface area contributed by atoms with Crippen molar-refractivity contribution in [3.8, 4) is 0 Å². The van der Waals surface area contributed by atoms with Crippen LogP contribution in [-0.2, 0) is 11.3 Å². The van der Waals surface area contributed by atoms with Crippen molar-refractivity contribution in [2.75, 3.05) is 39.4 Å². The molecule has 120 valence electrons. The highest BCUT2D eigenvalue weighted by molar-refractivity contribution is 5.74. The zero-order valence-corrected chi connectivity index (χ0v) is 13.0. The smallest absolute Gasteiger partial charge is 0.317 e. The predicted molar refractivity (Wildman–Crippen MR) is 85.7 cm³/mol. The second-order valence-corrected chi connectivity index (χ2v) is 6.08. The summed E-state index contributed by atoms with van der Waals surface area (Å²) >= 11 is 0. The molecule has 1 N–H and O–H groups in total. The highest BCUT2D eigenvalue weighted by Crippen LogP contribution is 2.14. The van der Waals surface area contributed by atoms with E-state index < -0.39 is 0 Å². The Balaban J connectivity index is 1.40. The maximum Gasteiger partial charge on any atom is 0.317 e. The van der Waals surface area contributed by atoms with E-state index in [1.807, 2.05) is 4.90 Å². The zero-order chi connectivity index (χ0) is 15.2. The van der Waals surface area contributed by atoms with Crippen LogP contribution in [0.4, 0.5) is 4.79 Å². The van der Waals surface area contributed by atoms with Gasteiger partial charge in [-0.05, 0) is 18.4 Å². The van der Waals surface area contributed by atoms with Crippen LogP contribution < -0.4 is 5.32 Å². The molecule has 0 aliphatic carbocycles. The normalized spacial score (nSPS) is 20.8. The summed E-state index contributed by atoms with van der Waals surface area (Å²) in [5.41, 5.74) is 1.36. The molecule has 2 aliphatic rings. The predicted octanol–water partition coefficient (Wildman–Crippen LogP) is 1.69. The van der Waals surface area contributed by atoms with Crippen molar-refractivity contribution in [1.82, 2.24) is 15.1 Å². The van der Waals surface area contributed by atoms with Crippen LogP contribution in [0.1, 0.15) is 18.4 Å². The molecule has 1 aromatic carbocycles. The number of hydrogen-bond donors (Lipinski definition) is 1. The molecule has 5 nitrogen and oxygen atoms in total. The Bertz CT molecular complexity index is 466. The molecule has 22 heavy (non-hydrogen) atoms. The fourth-order valence-corrected chi connectivity index (χ4v) is 3.11. The first-order chi connectivity index (χ1) is 10.8. The highest BCUT2D eigenvalue weighted by Gasteiger charge is 2.23. The van der Waals surface area contributed by atoms with E-state index >= 15 is 0 Å². The molecule has 0 radical (unpaired) electrons. The van der Waals surface area contributed by atoms with E-state index in [9.17, 15) is 4.79 Å². The Morgan fingerprint density at radius 1 is 1.09 bits per heavy atom. The van der Waals surface area contributed by atoms with Crippen molar-refractivity contribution in [2.24, 2.45) is 0 Å². The molecular weight excluding hydrogens is 278 g/mol. The number of ether oxygens (including phenoxy) is 1. The Morgan fingerprint density at radius 2 is 1.77 bits per heavy atom. The Hall–Kier alpha value is -1.59. The lowest BCUT2D eigenvalue weighted by Gasteiger charge is -2.34. The lowest BCUT2D eigenvalue weighted by atomic mass is 10.0. The third-order valence-electron chi connectivity index (χ3n) is 4.46. The second kappa shape index (κ2) is 7.61. The third-order valence-corrected chi connectivity index (χ3v) is 4.46. The van der Waals surface area contributed by atoms with Gasteiger partial charge in [0, 0.05) is 38.8 Å². The number of carbonyl (C=O) groups excluding carboxylic acids is 1. The van der Waals surface area contributed by atoms with Gasteiger partial charge in [0.05, 0.1) is 13.2 Å². The topological polar surface area (TPSA) is 44.8 Å². The average Bonchev–Trinajstić information content (AvgIpc) is 2.58. The molecule has 1 aromatic rings. The summed E-state index contributed by atoms with van der Waals surface area (Å²) in [7, 11) is 0. The van der Waals surface area contributed by atoms with Gasteiger partial charge >= 0.3 is 6.03 Å². The maximum absolute atomic E-state index is 12.2. The van der Waals surface area contributed by atoms with Crippen molar-refractivity contribution in [3.63, 3.8) is 0 Å². The summed E-state index contributed by atoms with van der Waals surface area (Å²) in [6.45, 7) is 5.82. The molecule has 0 aromatic heterocycles. The van der Waals surface area contributed by atoms with Gasteiger partial charge in [0.1, 0.15) is 0 Å². The SMILES string of the molecule is O=C(NC1CCN(Cc2ccccc2)CC1)N1CCOCC1. The molecule has 2 heterocycles. The number of urea groups is 1. The minimum Gasteiger partial charge on any atom is -0.378 e. The highest BCUT2D eigenvalue weighted by atomic mass is 16.5. The number of morpholine rings is 1. The van der Waals surface area contributed by atoms with Gasteiger partial charge in [-0.3, -0.25) is 4.90 Å². The van der Waals surface area contributed by atoms with Gasteiger partial charge in [-0.1, -0.05) is 30.3 Å². The summed E-state index contributed by atoms with van der Waals surface area (Å²) < 4.78 is 5.28. The zero-order valence-electron chi connectivity index (χ0n) is 13.0. The lowest BCUT2D eigenvalue weighted by molar-refractivity contribution is 0.0516. The fraction of sp³-hybridized carbons (Fsp3) is 0.588. The first-order valence-electron chi connectivity index (χ1n) is 8.21. The molecule has 0 bridgehead atoms. The van der Waals surface area contributed by atoms with E-state index in [-0.39, 0.29) is 6.03 Å². The summed E-state index contributed by atoms with van der Waals surface area (Å²) in [5.74, 6) is 0. The van der Waals surface area contributed by atoms with Crippen LogP contribution >= 0.6 is 0 Å². The van der Waals surface area contributed by atoms with Crippen LogP contribution in [0.3, 0.4) is 0 Å². The van der Waals surface area contributed by atoms with E-state index in [2.05, 4.69) is 40.5 Å². The van der Waals surface area contributed by atoms with Crippen LogP contribution in [0.25, 0.3) is 0 Å². The molecule has 2 amide bonds. The molecule has 0 unspecified atom stereocenters. The number of rotatable bonds is 3. The Morgan fingerprint density at radius 3 is 2.45 bits per heavy atom. The number of piperidine rings is 1. The standard InChI is InChI=1S/C17H25N3O2/c21-17(20-10-12-22-13-11-20)18-16-6-8-19(9-7-16)14-15-4-2-1-3-5-15/h1-5,16H,6-14H2,(H,18,21). The minimum absolute atomic E-state index is 0.0739. The Labute approximate surface area is 132 Å². The summed E-state index contributed by atoms with van der Waals surface area (Å²) in [4.78, 5) is 16.5. The molecule has 0 atom stereocenters. The van der Waals surface area contributed by atoms with Crippen molar-refractivity contribution in [3.05, 3.63) is 35.9 Å². The summed E-state index contributed by atoms with van der Waals surface area (Å²) in [6, 6.07) is 11.0. The second-order valence-electron chi connectivity index (χ2n) is 6.08. The van der Waals surface area contributed by atoms with E-state index in [1.54, 1.807) is 0 Å². The van der Waals surface area contributed by atoms with Gasteiger partial charge in [0.15, 0.2) is 0 Å². The molecule has 3 rings (SSSR count). The minimum atomic E-state index is 0.0739. The Kier molecular flexibility index (Phi) is 5.29. The first-order valence-corrected chi connectivity index (χ1v) is 8.21. The monoisotopic (exact) mass is 303 g/mol. The molecular formula is C17H25N3O2. The summed E-state index contributed by atoms with van der Waals surface area (Å²) in [6.07, 6.45) is 2.06. The quantitative estimate of drug-likeness (QED) is 0.924. The lowest BCUT2D eigenvalue weighted by Crippen LogP contribution is -2.51. The molecule has 2 aliphatic heterocycles. The summed E-state index contributed by atoms with van der Waals surface area (Å²) in [5, 5.41) is 3.18. The van der Waals surface area contributed by atoms with E-state index in [1.165, 1.54) is 5.56 Å². The largest absolute Gasteiger partial charge is 0.378 e. The molecule has 0 spiro atoms. The van der Waals surface area contributed by atoms with E-state index in [0.29, 0.717) is 32.3 Å². The van der Waals surface area contributed by atoms with Crippen LogP contribution in [0, 0.1) is 0 Å². The van der Waals surface area contributed by atoms with Crippen molar-refractivity contribution in [2.45, 2.75) is 25.4 Å². The van der Waals surface area contributed by atoms with E-state index in [4.69, 9.17) is 4.74 Å². The van der Waals surface area contributed by atoms with Gasteiger partial charge < -0.3 is 15.0 Å². The van der Waals surface area contributed by atoms with Crippen molar-refractivity contribution in [1.29, 1.82) is 0 Å². The molecule has 2 fully saturated rings. The number of nitrogens with one attached hydrogen (secondary N) is 1. The maximum atomic E-state index is 12.2. The number of nitrogens with zero attached hydrogens (tertiary/aromatic N) is 2.